The Balaban J connectivity index is 1.30. The van der Waals surface area contributed by atoms with Gasteiger partial charge in [-0.3, -0.25) is 14.3 Å². The third kappa shape index (κ3) is 3.48. The van der Waals surface area contributed by atoms with Crippen molar-refractivity contribution in [3.63, 3.8) is 0 Å². The Hall–Kier alpha value is -4.50. The van der Waals surface area contributed by atoms with Crippen molar-refractivity contribution in [2.75, 3.05) is 5.32 Å². The molecule has 3 N–H and O–H groups in total. The highest BCUT2D eigenvalue weighted by Crippen LogP contribution is 2.25. The predicted molar refractivity (Wildman–Crippen MR) is 134 cm³/mol. The van der Waals surface area contributed by atoms with Gasteiger partial charge in [0.15, 0.2) is 5.69 Å². The quantitative estimate of drug-likeness (QED) is 0.347. The highest BCUT2D eigenvalue weighted by molar-refractivity contribution is 7.09. The van der Waals surface area contributed by atoms with Crippen molar-refractivity contribution in [1.29, 1.82) is 0 Å². The molecule has 4 aromatic heterocycles. The fourth-order valence-electron chi connectivity index (χ4n) is 3.93. The molecule has 9 heteroatoms. The van der Waals surface area contributed by atoms with Crippen LogP contribution in [0.4, 0.5) is 5.82 Å². The van der Waals surface area contributed by atoms with Crippen molar-refractivity contribution in [3.8, 4) is 22.6 Å². The molecule has 0 fully saturated rings. The lowest BCUT2D eigenvalue weighted by molar-refractivity contribution is 0.102. The standard InChI is InChI=1S/C25H18N6O2S/c1-31-22(11-18(30-31)14-5-3-2-4-6-14)29-24(32)15-7-8-17-16(9-15)10-19(26-17)23-25(33)28-21-13-34-12-20(21)27-23/h2-13,26H,1H3,(H,28,33)(H,29,32). The highest BCUT2D eigenvalue weighted by atomic mass is 32.1. The van der Waals surface area contributed by atoms with E-state index in [1.807, 2.05) is 59.3 Å². The Kier molecular flexibility index (Phi) is 4.63. The van der Waals surface area contributed by atoms with Crippen molar-refractivity contribution in [2.24, 2.45) is 7.05 Å². The number of H-pyrrole nitrogens is 2. The number of carbonyl (C=O) groups excluding carboxylic acids is 1. The molecule has 0 spiro atoms. The van der Waals surface area contributed by atoms with E-state index in [1.54, 1.807) is 23.9 Å². The first-order valence-corrected chi connectivity index (χ1v) is 11.5. The van der Waals surface area contributed by atoms with Gasteiger partial charge in [-0.15, -0.1) is 11.3 Å². The van der Waals surface area contributed by atoms with Crippen LogP contribution in [0.2, 0.25) is 0 Å². The summed E-state index contributed by atoms with van der Waals surface area (Å²) in [6.07, 6.45) is 0. The Bertz CT molecular complexity index is 1740. The first-order valence-electron chi connectivity index (χ1n) is 10.6. The monoisotopic (exact) mass is 466 g/mol. The van der Waals surface area contributed by atoms with Gasteiger partial charge in [0.2, 0.25) is 0 Å². The number of nitrogens with one attached hydrogen (secondary N) is 3. The van der Waals surface area contributed by atoms with E-state index >= 15 is 0 Å². The smallest absolute Gasteiger partial charge is 0.276 e. The van der Waals surface area contributed by atoms with Crippen LogP contribution in [0.1, 0.15) is 10.4 Å². The van der Waals surface area contributed by atoms with Gasteiger partial charge in [0, 0.05) is 45.9 Å². The van der Waals surface area contributed by atoms with Crippen LogP contribution in [0.3, 0.4) is 0 Å². The zero-order valence-corrected chi connectivity index (χ0v) is 18.8. The molecule has 166 valence electrons. The van der Waals surface area contributed by atoms with Crippen LogP contribution >= 0.6 is 11.3 Å². The average molecular weight is 467 g/mol. The van der Waals surface area contributed by atoms with Crippen LogP contribution < -0.4 is 10.9 Å². The number of fused-ring (bicyclic) bond motifs is 2. The number of aryl methyl sites for hydroxylation is 1. The molecule has 0 unspecified atom stereocenters. The Morgan fingerprint density at radius 3 is 2.71 bits per heavy atom. The number of hydrogen-bond donors (Lipinski definition) is 3. The molecule has 0 atom stereocenters. The summed E-state index contributed by atoms with van der Waals surface area (Å²) in [5.41, 5.74) is 5.18. The lowest BCUT2D eigenvalue weighted by Crippen LogP contribution is -2.14. The Morgan fingerprint density at radius 2 is 1.85 bits per heavy atom. The van der Waals surface area contributed by atoms with Gasteiger partial charge in [-0.25, -0.2) is 4.98 Å². The van der Waals surface area contributed by atoms with Crippen LogP contribution in [0.15, 0.2) is 76.2 Å². The maximum absolute atomic E-state index is 13.0. The fourth-order valence-corrected chi connectivity index (χ4v) is 4.62. The van der Waals surface area contributed by atoms with Gasteiger partial charge < -0.3 is 15.3 Å². The summed E-state index contributed by atoms with van der Waals surface area (Å²) in [7, 11) is 1.79. The number of hydrogen-bond acceptors (Lipinski definition) is 5. The van der Waals surface area contributed by atoms with Gasteiger partial charge >= 0.3 is 0 Å². The number of carbonyl (C=O) groups is 1. The summed E-state index contributed by atoms with van der Waals surface area (Å²) in [5.74, 6) is 0.349. The van der Waals surface area contributed by atoms with E-state index in [2.05, 4.69) is 25.4 Å². The Morgan fingerprint density at radius 1 is 1.00 bits per heavy atom. The number of benzene rings is 2. The van der Waals surface area contributed by atoms with E-state index in [-0.39, 0.29) is 11.5 Å². The Labute approximate surface area is 196 Å². The molecule has 4 heterocycles. The third-order valence-electron chi connectivity index (χ3n) is 5.67. The van der Waals surface area contributed by atoms with Crippen molar-refractivity contribution < 1.29 is 4.79 Å². The zero-order chi connectivity index (χ0) is 23.2. The fraction of sp³-hybridized carbons (Fsp3) is 0.0400. The summed E-state index contributed by atoms with van der Waals surface area (Å²) in [6.45, 7) is 0. The number of anilines is 1. The molecule has 2 aromatic carbocycles. The SMILES string of the molecule is Cn1nc(-c2ccccc2)cc1NC(=O)c1ccc2[nH]c(-c3nc4cscc4[nH]c3=O)cc2c1. The summed E-state index contributed by atoms with van der Waals surface area (Å²) in [6, 6.07) is 18.8. The number of aromatic amines is 2. The van der Waals surface area contributed by atoms with Gasteiger partial charge in [0.1, 0.15) is 5.82 Å². The van der Waals surface area contributed by atoms with Crippen LogP contribution in [0.5, 0.6) is 0 Å². The third-order valence-corrected chi connectivity index (χ3v) is 6.40. The highest BCUT2D eigenvalue weighted by Gasteiger charge is 2.15. The van der Waals surface area contributed by atoms with Crippen LogP contribution in [-0.2, 0) is 7.05 Å². The second-order valence-electron chi connectivity index (χ2n) is 7.93. The summed E-state index contributed by atoms with van der Waals surface area (Å²) < 4.78 is 1.64. The topological polar surface area (TPSA) is 108 Å². The molecule has 1 amide bonds. The van der Waals surface area contributed by atoms with E-state index < -0.39 is 0 Å². The van der Waals surface area contributed by atoms with Crippen LogP contribution in [0.25, 0.3) is 44.6 Å². The summed E-state index contributed by atoms with van der Waals surface area (Å²) >= 11 is 1.48. The van der Waals surface area contributed by atoms with Crippen molar-refractivity contribution in [2.45, 2.75) is 0 Å². The first-order chi connectivity index (χ1) is 16.5. The molecule has 0 aliphatic carbocycles. The minimum absolute atomic E-state index is 0.247. The molecular formula is C25H18N6O2S. The van der Waals surface area contributed by atoms with Gasteiger partial charge in [-0.05, 0) is 24.3 Å². The zero-order valence-electron chi connectivity index (χ0n) is 18.0. The lowest BCUT2D eigenvalue weighted by atomic mass is 10.1. The molecule has 0 radical (unpaired) electrons. The molecule has 6 aromatic rings. The average Bonchev–Trinajstić information content (AvgIpc) is 3.56. The van der Waals surface area contributed by atoms with E-state index in [9.17, 15) is 9.59 Å². The van der Waals surface area contributed by atoms with Crippen molar-refractivity contribution in [3.05, 3.63) is 87.3 Å². The normalized spacial score (nSPS) is 11.3. The molecule has 0 bridgehead atoms. The summed E-state index contributed by atoms with van der Waals surface area (Å²) in [5, 5.41) is 12.0. The molecule has 8 nitrogen and oxygen atoms in total. The maximum atomic E-state index is 13.0. The first kappa shape index (κ1) is 20.1. The molecule has 0 saturated carbocycles. The van der Waals surface area contributed by atoms with Gasteiger partial charge in [-0.2, -0.15) is 5.10 Å². The van der Waals surface area contributed by atoms with Crippen LogP contribution in [0, 0.1) is 0 Å². The van der Waals surface area contributed by atoms with Gasteiger partial charge in [0.25, 0.3) is 11.5 Å². The largest absolute Gasteiger partial charge is 0.353 e. The molecule has 0 aliphatic heterocycles. The number of aromatic nitrogens is 5. The van der Waals surface area contributed by atoms with E-state index in [1.165, 1.54) is 11.3 Å². The molecule has 0 saturated heterocycles. The van der Waals surface area contributed by atoms with Gasteiger partial charge in [-0.1, -0.05) is 30.3 Å². The molecule has 6 rings (SSSR count). The second kappa shape index (κ2) is 7.82. The number of rotatable bonds is 4. The van der Waals surface area contributed by atoms with E-state index in [0.29, 0.717) is 22.8 Å². The molecular weight excluding hydrogens is 448 g/mol. The van der Waals surface area contributed by atoms with Gasteiger partial charge in [0.05, 0.1) is 22.4 Å². The minimum atomic E-state index is -0.263. The predicted octanol–water partition coefficient (Wildman–Crippen LogP) is 4.79. The number of amides is 1. The second-order valence-corrected chi connectivity index (χ2v) is 8.67. The number of nitrogens with zero attached hydrogens (tertiary/aromatic N) is 3. The minimum Gasteiger partial charge on any atom is -0.353 e. The molecule has 0 aliphatic rings. The summed E-state index contributed by atoms with van der Waals surface area (Å²) in [4.78, 5) is 36.1. The molecule has 34 heavy (non-hydrogen) atoms. The van der Waals surface area contributed by atoms with Crippen LogP contribution in [-0.4, -0.2) is 30.6 Å². The van der Waals surface area contributed by atoms with Crippen molar-refractivity contribution in [1.82, 2.24) is 24.7 Å². The van der Waals surface area contributed by atoms with E-state index in [0.717, 1.165) is 33.2 Å². The lowest BCUT2D eigenvalue weighted by Gasteiger charge is -2.05. The van der Waals surface area contributed by atoms with E-state index in [4.69, 9.17) is 0 Å². The maximum Gasteiger partial charge on any atom is 0.276 e. The van der Waals surface area contributed by atoms with Crippen molar-refractivity contribution >= 4 is 45.0 Å². The number of thiophene rings is 1.